The number of carbonyl (C=O) groups is 1. The van der Waals surface area contributed by atoms with Crippen LogP contribution in [0.25, 0.3) is 0 Å². The largest absolute Gasteiger partial charge is 0.504 e. The predicted molar refractivity (Wildman–Crippen MR) is 76.7 cm³/mol. The summed E-state index contributed by atoms with van der Waals surface area (Å²) in [7, 11) is 0. The minimum absolute atomic E-state index is 0.0590. The topological polar surface area (TPSA) is 57.5 Å². The van der Waals surface area contributed by atoms with E-state index in [0.717, 1.165) is 5.75 Å². The van der Waals surface area contributed by atoms with Crippen LogP contribution in [0.5, 0.6) is 11.5 Å². The van der Waals surface area contributed by atoms with Gasteiger partial charge < -0.3 is 10.2 Å². The highest BCUT2D eigenvalue weighted by Crippen LogP contribution is 2.25. The van der Waals surface area contributed by atoms with Crippen molar-refractivity contribution in [2.45, 2.75) is 5.75 Å². The fourth-order valence-electron chi connectivity index (χ4n) is 1.62. The Balaban J connectivity index is 1.89. The molecule has 2 aromatic rings. The molecule has 98 valence electrons. The maximum absolute atomic E-state index is 11.9. The van der Waals surface area contributed by atoms with Crippen LogP contribution in [0, 0.1) is 0 Å². The normalized spacial score (nSPS) is 10.3. The van der Waals surface area contributed by atoms with E-state index in [1.165, 1.54) is 35.5 Å². The number of ketones is 1. The molecule has 0 heterocycles. The van der Waals surface area contributed by atoms with E-state index in [1.807, 2.05) is 30.3 Å². The van der Waals surface area contributed by atoms with Gasteiger partial charge in [0.25, 0.3) is 0 Å². The second kappa shape index (κ2) is 6.29. The summed E-state index contributed by atoms with van der Waals surface area (Å²) in [5.74, 6) is 0.582. The van der Waals surface area contributed by atoms with Crippen molar-refractivity contribution in [2.24, 2.45) is 0 Å². The Morgan fingerprint density at radius 3 is 2.42 bits per heavy atom. The molecular weight excluding hydrogens is 260 g/mol. The van der Waals surface area contributed by atoms with E-state index in [1.54, 1.807) is 0 Å². The summed E-state index contributed by atoms with van der Waals surface area (Å²) in [6, 6.07) is 14.1. The van der Waals surface area contributed by atoms with Crippen LogP contribution < -0.4 is 0 Å². The van der Waals surface area contributed by atoms with Crippen molar-refractivity contribution in [3.05, 3.63) is 59.7 Å². The Bertz CT molecular complexity index is 567. The summed E-state index contributed by atoms with van der Waals surface area (Å²) in [6.45, 7) is 0. The van der Waals surface area contributed by atoms with E-state index < -0.39 is 0 Å². The number of aromatic hydroxyl groups is 2. The lowest BCUT2D eigenvalue weighted by Crippen LogP contribution is -2.02. The van der Waals surface area contributed by atoms with Crippen molar-refractivity contribution in [1.29, 1.82) is 0 Å². The van der Waals surface area contributed by atoms with Crippen LogP contribution in [0.2, 0.25) is 0 Å². The van der Waals surface area contributed by atoms with Crippen molar-refractivity contribution in [2.75, 3.05) is 5.75 Å². The van der Waals surface area contributed by atoms with Crippen LogP contribution in [0.4, 0.5) is 0 Å². The number of hydrogen-bond acceptors (Lipinski definition) is 4. The second-order valence-electron chi connectivity index (χ2n) is 4.11. The molecule has 0 aliphatic rings. The van der Waals surface area contributed by atoms with Gasteiger partial charge in [-0.25, -0.2) is 0 Å². The minimum atomic E-state index is -0.265. The van der Waals surface area contributed by atoms with Gasteiger partial charge in [-0.2, -0.15) is 0 Å². The van der Waals surface area contributed by atoms with Crippen LogP contribution in [-0.4, -0.2) is 21.7 Å². The summed E-state index contributed by atoms with van der Waals surface area (Å²) in [5.41, 5.74) is 1.59. The first-order valence-corrected chi connectivity index (χ1v) is 6.99. The molecule has 4 heteroatoms. The lowest BCUT2D eigenvalue weighted by Gasteiger charge is -2.03. The van der Waals surface area contributed by atoms with Crippen molar-refractivity contribution < 1.29 is 15.0 Å². The molecule has 0 saturated carbocycles. The smallest absolute Gasteiger partial charge is 0.172 e. The number of Topliss-reactive ketones (excluding diaryl/α,β-unsaturated/α-hetero) is 1. The summed E-state index contributed by atoms with van der Waals surface area (Å²) >= 11 is 1.53. The lowest BCUT2D eigenvalue weighted by atomic mass is 10.1. The van der Waals surface area contributed by atoms with Crippen molar-refractivity contribution in [3.8, 4) is 11.5 Å². The maximum atomic E-state index is 11.9. The van der Waals surface area contributed by atoms with Gasteiger partial charge >= 0.3 is 0 Å². The SMILES string of the molecule is O=C(CSCc1ccccc1)c1ccc(O)c(O)c1. The number of phenolic OH excluding ortho intramolecular Hbond substituents is 2. The standard InChI is InChI=1S/C15H14O3S/c16-13-7-6-12(8-14(13)17)15(18)10-19-9-11-4-2-1-3-5-11/h1-8,16-17H,9-10H2. The van der Waals surface area contributed by atoms with Gasteiger partial charge in [-0.05, 0) is 23.8 Å². The van der Waals surface area contributed by atoms with Gasteiger partial charge in [-0.15, -0.1) is 11.8 Å². The van der Waals surface area contributed by atoms with Gasteiger partial charge in [0.05, 0.1) is 5.75 Å². The zero-order valence-electron chi connectivity index (χ0n) is 10.2. The first-order valence-electron chi connectivity index (χ1n) is 5.83. The van der Waals surface area contributed by atoms with Crippen molar-refractivity contribution in [3.63, 3.8) is 0 Å². The first kappa shape index (κ1) is 13.5. The van der Waals surface area contributed by atoms with E-state index in [2.05, 4.69) is 0 Å². The third-order valence-corrected chi connectivity index (χ3v) is 3.65. The minimum Gasteiger partial charge on any atom is -0.504 e. The Kier molecular flexibility index (Phi) is 4.47. The van der Waals surface area contributed by atoms with Crippen LogP contribution in [0.1, 0.15) is 15.9 Å². The molecule has 0 saturated heterocycles. The first-order chi connectivity index (χ1) is 9.16. The van der Waals surface area contributed by atoms with Gasteiger partial charge in [0.15, 0.2) is 17.3 Å². The summed E-state index contributed by atoms with van der Waals surface area (Å²) < 4.78 is 0. The molecule has 0 aromatic heterocycles. The summed E-state index contributed by atoms with van der Waals surface area (Å²) in [6.07, 6.45) is 0. The fraction of sp³-hybridized carbons (Fsp3) is 0.133. The molecule has 2 rings (SSSR count). The Hall–Kier alpha value is -1.94. The lowest BCUT2D eigenvalue weighted by molar-refractivity contribution is 0.102. The van der Waals surface area contributed by atoms with Crippen molar-refractivity contribution in [1.82, 2.24) is 0 Å². The highest BCUT2D eigenvalue weighted by atomic mass is 32.2. The highest BCUT2D eigenvalue weighted by Gasteiger charge is 2.09. The number of benzene rings is 2. The molecule has 19 heavy (non-hydrogen) atoms. The van der Waals surface area contributed by atoms with Gasteiger partial charge in [-0.3, -0.25) is 4.79 Å². The monoisotopic (exact) mass is 274 g/mol. The quantitative estimate of drug-likeness (QED) is 0.649. The number of thioether (sulfide) groups is 1. The molecule has 0 unspecified atom stereocenters. The third-order valence-electron chi connectivity index (χ3n) is 2.64. The highest BCUT2D eigenvalue weighted by molar-refractivity contribution is 7.99. The van der Waals surface area contributed by atoms with E-state index in [0.29, 0.717) is 11.3 Å². The molecule has 0 aliphatic heterocycles. The second-order valence-corrected chi connectivity index (χ2v) is 5.09. The molecule has 3 nitrogen and oxygen atoms in total. The summed E-state index contributed by atoms with van der Waals surface area (Å²) in [5, 5.41) is 18.5. The Morgan fingerprint density at radius 2 is 1.74 bits per heavy atom. The zero-order valence-corrected chi connectivity index (χ0v) is 11.1. The molecule has 0 bridgehead atoms. The van der Waals surface area contributed by atoms with Crippen LogP contribution in [0.3, 0.4) is 0 Å². The van der Waals surface area contributed by atoms with Crippen LogP contribution in [0.15, 0.2) is 48.5 Å². The van der Waals surface area contributed by atoms with E-state index in [-0.39, 0.29) is 17.3 Å². The average Bonchev–Trinajstić information content (AvgIpc) is 2.43. The molecule has 0 fully saturated rings. The van der Waals surface area contributed by atoms with Gasteiger partial charge in [0, 0.05) is 11.3 Å². The molecule has 2 aromatic carbocycles. The molecule has 0 radical (unpaired) electrons. The van der Waals surface area contributed by atoms with Gasteiger partial charge in [-0.1, -0.05) is 30.3 Å². The molecule has 2 N–H and O–H groups in total. The number of hydrogen-bond donors (Lipinski definition) is 2. The maximum Gasteiger partial charge on any atom is 0.172 e. The Labute approximate surface area is 115 Å². The van der Waals surface area contributed by atoms with Crippen LogP contribution in [-0.2, 0) is 5.75 Å². The number of rotatable bonds is 5. The molecule has 0 amide bonds. The Morgan fingerprint density at radius 1 is 1.00 bits per heavy atom. The van der Waals surface area contributed by atoms with Crippen LogP contribution >= 0.6 is 11.8 Å². The molecular formula is C15H14O3S. The molecule has 0 atom stereocenters. The number of carbonyl (C=O) groups excluding carboxylic acids is 1. The van der Waals surface area contributed by atoms with E-state index in [9.17, 15) is 15.0 Å². The fourth-order valence-corrected chi connectivity index (χ4v) is 2.50. The molecule has 0 aliphatic carbocycles. The zero-order chi connectivity index (χ0) is 13.7. The number of phenols is 2. The summed E-state index contributed by atoms with van der Waals surface area (Å²) in [4.78, 5) is 11.9. The average molecular weight is 274 g/mol. The van der Waals surface area contributed by atoms with E-state index in [4.69, 9.17) is 0 Å². The van der Waals surface area contributed by atoms with E-state index >= 15 is 0 Å². The predicted octanol–water partition coefficient (Wildman–Crippen LogP) is 3.21. The van der Waals surface area contributed by atoms with Gasteiger partial charge in [0.1, 0.15) is 0 Å². The third kappa shape index (κ3) is 3.76. The molecule has 0 spiro atoms. The van der Waals surface area contributed by atoms with Crippen molar-refractivity contribution >= 4 is 17.5 Å². The van der Waals surface area contributed by atoms with Gasteiger partial charge in [0.2, 0.25) is 0 Å².